The SMILES string of the molecule is O=S(=O)(O)ONNc1ccc(Cl)cc1. The van der Waals surface area contributed by atoms with Gasteiger partial charge in [-0.3, -0.25) is 9.98 Å². The van der Waals surface area contributed by atoms with Crippen molar-refractivity contribution in [1.29, 1.82) is 0 Å². The van der Waals surface area contributed by atoms with Gasteiger partial charge in [-0.05, 0) is 24.3 Å². The molecule has 0 amide bonds. The average Bonchev–Trinajstić information content (AvgIpc) is 2.06. The fourth-order valence-electron chi connectivity index (χ4n) is 0.666. The predicted octanol–water partition coefficient (Wildman–Crippen LogP) is 0.991. The molecular weight excluding hydrogens is 232 g/mol. The summed E-state index contributed by atoms with van der Waals surface area (Å²) in [5, 5.41) is 0.547. The first-order chi connectivity index (χ1) is 6.47. The molecule has 0 unspecified atom stereocenters. The van der Waals surface area contributed by atoms with Crippen LogP contribution in [0, 0.1) is 0 Å². The lowest BCUT2D eigenvalue weighted by atomic mass is 10.3. The topological polar surface area (TPSA) is 87.7 Å². The second-order valence-electron chi connectivity index (χ2n) is 2.25. The van der Waals surface area contributed by atoms with Gasteiger partial charge in [-0.15, -0.1) is 4.28 Å². The number of hydrazine groups is 1. The molecule has 0 aromatic heterocycles. The maximum absolute atomic E-state index is 10.1. The molecule has 0 bridgehead atoms. The van der Waals surface area contributed by atoms with E-state index in [1.165, 1.54) is 0 Å². The van der Waals surface area contributed by atoms with Gasteiger partial charge in [0, 0.05) is 5.02 Å². The molecule has 0 spiro atoms. The Balaban J connectivity index is 2.43. The van der Waals surface area contributed by atoms with Crippen LogP contribution in [0.4, 0.5) is 5.69 Å². The van der Waals surface area contributed by atoms with Gasteiger partial charge in [0.15, 0.2) is 0 Å². The zero-order valence-corrected chi connectivity index (χ0v) is 8.34. The molecule has 1 aromatic carbocycles. The minimum absolute atomic E-state index is 0.526. The normalized spacial score (nSPS) is 11.3. The number of halogens is 1. The minimum atomic E-state index is -4.50. The van der Waals surface area contributed by atoms with Gasteiger partial charge in [0.25, 0.3) is 0 Å². The Bertz CT molecular complexity index is 391. The molecule has 8 heteroatoms. The van der Waals surface area contributed by atoms with Crippen molar-refractivity contribution in [3.05, 3.63) is 29.3 Å². The highest BCUT2D eigenvalue weighted by Crippen LogP contribution is 2.12. The molecule has 0 saturated carbocycles. The third-order valence-electron chi connectivity index (χ3n) is 1.19. The van der Waals surface area contributed by atoms with Crippen LogP contribution in [0.2, 0.25) is 5.02 Å². The highest BCUT2D eigenvalue weighted by Gasteiger charge is 2.02. The van der Waals surface area contributed by atoms with Crippen LogP contribution in [-0.2, 0) is 14.7 Å². The van der Waals surface area contributed by atoms with Crippen molar-refractivity contribution in [2.24, 2.45) is 0 Å². The molecule has 0 heterocycles. The number of anilines is 1. The Morgan fingerprint density at radius 1 is 1.29 bits per heavy atom. The van der Waals surface area contributed by atoms with E-state index in [-0.39, 0.29) is 0 Å². The smallest absolute Gasteiger partial charge is 0.298 e. The first-order valence-corrected chi connectivity index (χ1v) is 5.14. The van der Waals surface area contributed by atoms with Crippen molar-refractivity contribution in [3.63, 3.8) is 0 Å². The van der Waals surface area contributed by atoms with Crippen LogP contribution in [0.15, 0.2) is 24.3 Å². The summed E-state index contributed by atoms with van der Waals surface area (Å²) in [5.41, 5.74) is 4.71. The van der Waals surface area contributed by atoms with E-state index in [0.717, 1.165) is 0 Å². The number of rotatable bonds is 4. The fourth-order valence-corrected chi connectivity index (χ4v) is 0.939. The zero-order chi connectivity index (χ0) is 10.6. The van der Waals surface area contributed by atoms with E-state index in [0.29, 0.717) is 10.7 Å². The fraction of sp³-hybridized carbons (Fsp3) is 0. The highest BCUT2D eigenvalue weighted by molar-refractivity contribution is 7.80. The average molecular weight is 239 g/mol. The molecule has 14 heavy (non-hydrogen) atoms. The van der Waals surface area contributed by atoms with E-state index in [1.807, 2.05) is 5.59 Å². The standard InChI is InChI=1S/C6H7ClN2O4S/c7-5-1-3-6(4-2-5)8-9-13-14(10,11)12/h1-4,8-9H,(H,10,11,12). The maximum Gasteiger partial charge on any atom is 0.415 e. The Morgan fingerprint density at radius 2 is 1.86 bits per heavy atom. The van der Waals surface area contributed by atoms with Crippen molar-refractivity contribution in [3.8, 4) is 0 Å². The molecule has 1 aromatic rings. The summed E-state index contributed by atoms with van der Waals surface area (Å²) >= 11 is 5.60. The van der Waals surface area contributed by atoms with Crippen LogP contribution in [0.1, 0.15) is 0 Å². The lowest BCUT2D eigenvalue weighted by Gasteiger charge is -2.05. The van der Waals surface area contributed by atoms with Crippen molar-refractivity contribution in [2.45, 2.75) is 0 Å². The molecule has 0 saturated heterocycles. The number of hydrogen-bond acceptors (Lipinski definition) is 5. The van der Waals surface area contributed by atoms with Crippen LogP contribution in [-0.4, -0.2) is 13.0 Å². The summed E-state index contributed by atoms with van der Waals surface area (Å²) in [6.07, 6.45) is 0. The van der Waals surface area contributed by atoms with E-state index in [9.17, 15) is 8.42 Å². The second-order valence-corrected chi connectivity index (χ2v) is 3.70. The second kappa shape index (κ2) is 4.58. The Hall–Kier alpha value is -0.860. The van der Waals surface area contributed by atoms with Crippen molar-refractivity contribution in [1.82, 2.24) is 5.59 Å². The van der Waals surface area contributed by atoms with Gasteiger partial charge in [0.05, 0.1) is 5.69 Å². The number of benzene rings is 1. The zero-order valence-electron chi connectivity index (χ0n) is 6.77. The minimum Gasteiger partial charge on any atom is -0.298 e. The predicted molar refractivity (Wildman–Crippen MR) is 50.8 cm³/mol. The van der Waals surface area contributed by atoms with Gasteiger partial charge in [-0.25, -0.2) is 0 Å². The molecule has 0 atom stereocenters. The van der Waals surface area contributed by atoms with E-state index in [2.05, 4.69) is 9.71 Å². The molecule has 0 aliphatic heterocycles. The van der Waals surface area contributed by atoms with Gasteiger partial charge in [0.2, 0.25) is 0 Å². The maximum atomic E-state index is 10.1. The summed E-state index contributed by atoms with van der Waals surface area (Å²) in [6, 6.07) is 6.36. The van der Waals surface area contributed by atoms with Gasteiger partial charge >= 0.3 is 10.4 Å². The molecule has 0 radical (unpaired) electrons. The number of nitrogens with one attached hydrogen (secondary N) is 2. The van der Waals surface area contributed by atoms with E-state index >= 15 is 0 Å². The van der Waals surface area contributed by atoms with Crippen LogP contribution < -0.4 is 11.0 Å². The first kappa shape index (κ1) is 11.2. The van der Waals surface area contributed by atoms with Crippen molar-refractivity contribution < 1.29 is 17.3 Å². The lowest BCUT2D eigenvalue weighted by Crippen LogP contribution is -2.25. The van der Waals surface area contributed by atoms with Crippen LogP contribution >= 0.6 is 11.6 Å². The number of hydrogen-bond donors (Lipinski definition) is 3. The summed E-state index contributed by atoms with van der Waals surface area (Å²) in [5.74, 6) is 0. The lowest BCUT2D eigenvalue weighted by molar-refractivity contribution is 0.195. The van der Waals surface area contributed by atoms with E-state index in [1.54, 1.807) is 24.3 Å². The molecule has 6 nitrogen and oxygen atoms in total. The first-order valence-electron chi connectivity index (χ1n) is 3.40. The molecule has 0 aliphatic carbocycles. The van der Waals surface area contributed by atoms with Gasteiger partial charge in [-0.2, -0.15) is 8.42 Å². The third kappa shape index (κ3) is 4.40. The van der Waals surface area contributed by atoms with E-state index < -0.39 is 10.4 Å². The van der Waals surface area contributed by atoms with Crippen LogP contribution in [0.3, 0.4) is 0 Å². The van der Waals surface area contributed by atoms with Gasteiger partial charge in [-0.1, -0.05) is 17.2 Å². The van der Waals surface area contributed by atoms with Crippen LogP contribution in [0.25, 0.3) is 0 Å². The van der Waals surface area contributed by atoms with Gasteiger partial charge in [0.1, 0.15) is 0 Å². The Morgan fingerprint density at radius 3 is 2.36 bits per heavy atom. The molecule has 0 fully saturated rings. The summed E-state index contributed by atoms with van der Waals surface area (Å²) in [7, 11) is -4.50. The summed E-state index contributed by atoms with van der Waals surface area (Å²) in [4.78, 5) is 0. The summed E-state index contributed by atoms with van der Waals surface area (Å²) in [6.45, 7) is 0. The molecule has 78 valence electrons. The van der Waals surface area contributed by atoms with Gasteiger partial charge < -0.3 is 0 Å². The van der Waals surface area contributed by atoms with E-state index in [4.69, 9.17) is 16.2 Å². The van der Waals surface area contributed by atoms with Crippen molar-refractivity contribution in [2.75, 3.05) is 5.43 Å². The Labute approximate surface area is 85.7 Å². The van der Waals surface area contributed by atoms with Crippen LogP contribution in [0.5, 0.6) is 0 Å². The quantitative estimate of drug-likeness (QED) is 0.536. The molecule has 3 N–H and O–H groups in total. The highest BCUT2D eigenvalue weighted by atomic mass is 35.5. The summed E-state index contributed by atoms with van der Waals surface area (Å²) < 4.78 is 32.1. The molecule has 1 rings (SSSR count). The molecule has 0 aliphatic rings. The molecular formula is C6H7ClN2O4S. The monoisotopic (exact) mass is 238 g/mol. The van der Waals surface area contributed by atoms with Crippen molar-refractivity contribution >= 4 is 27.7 Å². The third-order valence-corrected chi connectivity index (χ3v) is 1.73. The Kier molecular flexibility index (Phi) is 3.67. The largest absolute Gasteiger partial charge is 0.415 e.